The third-order valence-corrected chi connectivity index (χ3v) is 3.18. The lowest BCUT2D eigenvalue weighted by molar-refractivity contribution is -0.0954. The first-order chi connectivity index (χ1) is 8.47. The predicted molar refractivity (Wildman–Crippen MR) is 73.9 cm³/mol. The molecule has 3 heteroatoms. The summed E-state index contributed by atoms with van der Waals surface area (Å²) in [6.45, 7) is 11.3. The van der Waals surface area contributed by atoms with Crippen molar-refractivity contribution in [1.29, 1.82) is 0 Å². The van der Waals surface area contributed by atoms with E-state index in [-0.39, 0.29) is 0 Å². The lowest BCUT2D eigenvalue weighted by Crippen LogP contribution is -2.33. The van der Waals surface area contributed by atoms with Crippen LogP contribution in [0.25, 0.3) is 0 Å². The first-order valence-electron chi connectivity index (χ1n) is 7.40. The third-order valence-electron chi connectivity index (χ3n) is 3.18. The second kappa shape index (κ2) is 8.13. The Morgan fingerprint density at radius 2 is 1.83 bits per heavy atom. The summed E-state index contributed by atoms with van der Waals surface area (Å²) >= 11 is 0. The Balaban J connectivity index is 2.21. The van der Waals surface area contributed by atoms with Gasteiger partial charge < -0.3 is 14.2 Å². The topological polar surface area (TPSA) is 27.7 Å². The van der Waals surface area contributed by atoms with E-state index < -0.39 is 0 Å². The summed E-state index contributed by atoms with van der Waals surface area (Å²) in [5.41, 5.74) is 0. The summed E-state index contributed by atoms with van der Waals surface area (Å²) in [6, 6.07) is 0. The Labute approximate surface area is 112 Å². The smallest absolute Gasteiger partial charge is 0.0625 e. The van der Waals surface area contributed by atoms with Crippen LogP contribution in [-0.4, -0.2) is 37.1 Å². The van der Waals surface area contributed by atoms with Crippen molar-refractivity contribution >= 4 is 0 Å². The number of hydrogen-bond acceptors (Lipinski definition) is 3. The number of rotatable bonds is 7. The van der Waals surface area contributed by atoms with Gasteiger partial charge in [0.1, 0.15) is 0 Å². The van der Waals surface area contributed by atoms with Crippen LogP contribution in [0.4, 0.5) is 0 Å². The van der Waals surface area contributed by atoms with E-state index in [9.17, 15) is 0 Å². The summed E-state index contributed by atoms with van der Waals surface area (Å²) in [6.07, 6.45) is 5.88. The van der Waals surface area contributed by atoms with E-state index in [1.807, 2.05) is 0 Å². The minimum absolute atomic E-state index is 0.310. The molecule has 0 radical (unpaired) electrons. The van der Waals surface area contributed by atoms with Crippen LogP contribution in [0.3, 0.4) is 0 Å². The highest BCUT2D eigenvalue weighted by Crippen LogP contribution is 2.22. The van der Waals surface area contributed by atoms with Crippen LogP contribution in [0, 0.1) is 0 Å². The van der Waals surface area contributed by atoms with E-state index >= 15 is 0 Å². The lowest BCUT2D eigenvalue weighted by atomic mass is 10.0. The van der Waals surface area contributed by atoms with Crippen LogP contribution >= 0.6 is 0 Å². The largest absolute Gasteiger partial charge is 0.378 e. The van der Waals surface area contributed by atoms with Crippen LogP contribution in [0.1, 0.15) is 60.3 Å². The first-order valence-corrected chi connectivity index (χ1v) is 7.40. The summed E-state index contributed by atoms with van der Waals surface area (Å²) in [5.74, 6) is 0. The second-order valence-corrected chi connectivity index (χ2v) is 5.90. The van der Waals surface area contributed by atoms with Gasteiger partial charge in [-0.25, -0.2) is 0 Å². The maximum Gasteiger partial charge on any atom is 0.0625 e. The summed E-state index contributed by atoms with van der Waals surface area (Å²) in [5, 5.41) is 0. The van der Waals surface area contributed by atoms with Crippen LogP contribution < -0.4 is 0 Å². The van der Waals surface area contributed by atoms with E-state index in [1.54, 1.807) is 0 Å². The maximum absolute atomic E-state index is 5.88. The Morgan fingerprint density at radius 1 is 1.11 bits per heavy atom. The van der Waals surface area contributed by atoms with Gasteiger partial charge >= 0.3 is 0 Å². The molecule has 3 nitrogen and oxygen atoms in total. The van der Waals surface area contributed by atoms with Crippen molar-refractivity contribution in [3.63, 3.8) is 0 Å². The van der Waals surface area contributed by atoms with Gasteiger partial charge in [0.05, 0.1) is 30.5 Å². The third kappa shape index (κ3) is 6.72. The van der Waals surface area contributed by atoms with Gasteiger partial charge in [-0.3, -0.25) is 0 Å². The molecule has 0 aliphatic carbocycles. The predicted octanol–water partition coefficient (Wildman–Crippen LogP) is 3.55. The molecule has 0 aromatic heterocycles. The van der Waals surface area contributed by atoms with Crippen LogP contribution in [0.5, 0.6) is 0 Å². The van der Waals surface area contributed by atoms with Gasteiger partial charge in [0.2, 0.25) is 0 Å². The molecule has 0 aromatic carbocycles. The monoisotopic (exact) mass is 258 g/mol. The Morgan fingerprint density at radius 3 is 2.44 bits per heavy atom. The fourth-order valence-corrected chi connectivity index (χ4v) is 2.51. The molecular weight excluding hydrogens is 228 g/mol. The zero-order chi connectivity index (χ0) is 13.5. The van der Waals surface area contributed by atoms with E-state index in [4.69, 9.17) is 14.2 Å². The van der Waals surface area contributed by atoms with Crippen molar-refractivity contribution in [3.05, 3.63) is 0 Å². The molecule has 0 bridgehead atoms. The molecular formula is C15H30O3. The molecule has 1 rings (SSSR count). The minimum Gasteiger partial charge on any atom is -0.378 e. The summed E-state index contributed by atoms with van der Waals surface area (Å²) < 4.78 is 17.4. The SMILES string of the molecule is CC(C)OC1CCOC(CC[C@H](C)OC(C)C)C1. The van der Waals surface area contributed by atoms with Crippen molar-refractivity contribution in [1.82, 2.24) is 0 Å². The van der Waals surface area contributed by atoms with Crippen LogP contribution in [-0.2, 0) is 14.2 Å². The minimum atomic E-state index is 0.310. The van der Waals surface area contributed by atoms with Crippen molar-refractivity contribution < 1.29 is 14.2 Å². The number of hydrogen-bond donors (Lipinski definition) is 0. The van der Waals surface area contributed by atoms with E-state index in [0.29, 0.717) is 30.5 Å². The van der Waals surface area contributed by atoms with E-state index in [0.717, 1.165) is 32.3 Å². The zero-order valence-corrected chi connectivity index (χ0v) is 12.6. The summed E-state index contributed by atoms with van der Waals surface area (Å²) in [4.78, 5) is 0. The Hall–Kier alpha value is -0.120. The van der Waals surface area contributed by atoms with Gasteiger partial charge in [0.15, 0.2) is 0 Å². The van der Waals surface area contributed by atoms with E-state index in [1.165, 1.54) is 0 Å². The molecule has 1 fully saturated rings. The molecule has 0 aromatic rings. The first kappa shape index (κ1) is 15.9. The molecule has 3 atom stereocenters. The van der Waals surface area contributed by atoms with Crippen molar-refractivity contribution in [2.75, 3.05) is 6.61 Å². The summed E-state index contributed by atoms with van der Waals surface area (Å²) in [7, 11) is 0. The highest BCUT2D eigenvalue weighted by molar-refractivity contribution is 4.73. The molecule has 0 saturated carbocycles. The van der Waals surface area contributed by atoms with Gasteiger partial charge in [-0.2, -0.15) is 0 Å². The van der Waals surface area contributed by atoms with Gasteiger partial charge in [-0.05, 0) is 60.3 Å². The molecule has 0 spiro atoms. The molecule has 108 valence electrons. The molecule has 1 aliphatic heterocycles. The quantitative estimate of drug-likeness (QED) is 0.699. The molecule has 1 aliphatic rings. The van der Waals surface area contributed by atoms with Crippen LogP contribution in [0.15, 0.2) is 0 Å². The normalized spacial score (nSPS) is 26.8. The average molecular weight is 258 g/mol. The standard InChI is InChI=1S/C15H30O3/c1-11(2)17-13(5)6-7-14-10-15(8-9-16-14)18-12(3)4/h11-15H,6-10H2,1-5H3/t13-,14?,15?/m0/s1. The van der Waals surface area contributed by atoms with Gasteiger partial charge in [0.25, 0.3) is 0 Å². The van der Waals surface area contributed by atoms with Gasteiger partial charge in [0, 0.05) is 6.61 Å². The maximum atomic E-state index is 5.88. The number of ether oxygens (including phenoxy) is 3. The second-order valence-electron chi connectivity index (χ2n) is 5.90. The molecule has 18 heavy (non-hydrogen) atoms. The highest BCUT2D eigenvalue weighted by atomic mass is 16.5. The fourth-order valence-electron chi connectivity index (χ4n) is 2.51. The van der Waals surface area contributed by atoms with Crippen molar-refractivity contribution in [3.8, 4) is 0 Å². The molecule has 2 unspecified atom stereocenters. The Bertz CT molecular complexity index is 216. The van der Waals surface area contributed by atoms with Crippen molar-refractivity contribution in [2.45, 2.75) is 90.8 Å². The molecule has 0 N–H and O–H groups in total. The van der Waals surface area contributed by atoms with Crippen LogP contribution in [0.2, 0.25) is 0 Å². The lowest BCUT2D eigenvalue weighted by Gasteiger charge is -2.31. The van der Waals surface area contributed by atoms with Crippen molar-refractivity contribution in [2.24, 2.45) is 0 Å². The average Bonchev–Trinajstić information content (AvgIpc) is 2.25. The van der Waals surface area contributed by atoms with Gasteiger partial charge in [-0.1, -0.05) is 0 Å². The highest BCUT2D eigenvalue weighted by Gasteiger charge is 2.24. The van der Waals surface area contributed by atoms with E-state index in [2.05, 4.69) is 34.6 Å². The fraction of sp³-hybridized carbons (Fsp3) is 1.00. The van der Waals surface area contributed by atoms with Gasteiger partial charge in [-0.15, -0.1) is 0 Å². The Kier molecular flexibility index (Phi) is 7.20. The molecule has 0 amide bonds. The zero-order valence-electron chi connectivity index (χ0n) is 12.6. The molecule has 1 saturated heterocycles. The molecule has 1 heterocycles.